The van der Waals surface area contributed by atoms with Gasteiger partial charge in [0.15, 0.2) is 21.3 Å². The van der Waals surface area contributed by atoms with Crippen LogP contribution in [0.1, 0.15) is 5.56 Å². The molecule has 0 aliphatic rings. The maximum atomic E-state index is 12.9. The third-order valence-electron chi connectivity index (χ3n) is 3.55. The third kappa shape index (κ3) is 5.43. The first-order chi connectivity index (χ1) is 13.3. The van der Waals surface area contributed by atoms with Gasteiger partial charge in [0.2, 0.25) is 5.04 Å². The molecule has 1 atom stereocenters. The second kappa shape index (κ2) is 9.52. The molecule has 0 saturated carbocycles. The van der Waals surface area contributed by atoms with E-state index in [9.17, 15) is 9.00 Å². The van der Waals surface area contributed by atoms with Crippen LogP contribution < -0.4 is 9.47 Å². The van der Waals surface area contributed by atoms with Gasteiger partial charge >= 0.3 is 5.97 Å². The first kappa shape index (κ1) is 21.6. The minimum absolute atomic E-state index is 0.108. The summed E-state index contributed by atoms with van der Waals surface area (Å²) >= 11 is 1.03. The Morgan fingerprint density at radius 2 is 1.68 bits per heavy atom. The highest BCUT2D eigenvalue weighted by Crippen LogP contribution is 2.30. The minimum Gasteiger partial charge on any atom is -0.493 e. The van der Waals surface area contributed by atoms with Crippen molar-refractivity contribution in [2.45, 2.75) is 16.7 Å². The number of ether oxygens (including phenoxy) is 3. The van der Waals surface area contributed by atoms with Crippen LogP contribution in [0.5, 0.6) is 11.5 Å². The van der Waals surface area contributed by atoms with Crippen LogP contribution in [-0.2, 0) is 23.6 Å². The molecule has 0 aliphatic heterocycles. The monoisotopic (exact) mass is 423 g/mol. The Bertz CT molecular complexity index is 968. The summed E-state index contributed by atoms with van der Waals surface area (Å²) in [6.07, 6.45) is 0. The summed E-state index contributed by atoms with van der Waals surface area (Å²) < 4.78 is 33.1. The van der Waals surface area contributed by atoms with Gasteiger partial charge in [-0.15, -0.1) is 0 Å². The molecule has 2 aromatic carbocycles. The number of hydrogen-bond donors (Lipinski definition) is 0. The van der Waals surface area contributed by atoms with Crippen molar-refractivity contribution < 1.29 is 27.5 Å². The number of carbonyl (C=O) groups excluding carboxylic acids is 1. The highest BCUT2D eigenvalue weighted by Gasteiger charge is 2.18. The summed E-state index contributed by atoms with van der Waals surface area (Å²) in [7, 11) is 0.876. The standard InChI is InChI=1S/C19H21NO6S2/c1-13-6-8-14(9-7-13)27-18(19(21)25-4)20-26-28(5,22)15-10-11-16(23-2)17(12-15)24-3/h6-12H,5H2,1-4H3/b20-18-. The van der Waals surface area contributed by atoms with Gasteiger partial charge in [-0.1, -0.05) is 34.6 Å². The molecule has 0 spiro atoms. The molecule has 0 fully saturated rings. The summed E-state index contributed by atoms with van der Waals surface area (Å²) in [5, 5.41) is 3.65. The van der Waals surface area contributed by atoms with Crippen LogP contribution in [0.2, 0.25) is 0 Å². The van der Waals surface area contributed by atoms with E-state index in [1.54, 1.807) is 6.07 Å². The first-order valence-corrected chi connectivity index (χ1v) is 10.5. The molecule has 1 unspecified atom stereocenters. The van der Waals surface area contributed by atoms with E-state index in [0.29, 0.717) is 11.5 Å². The lowest BCUT2D eigenvalue weighted by Gasteiger charge is -2.12. The van der Waals surface area contributed by atoms with Crippen LogP contribution in [0.15, 0.2) is 57.4 Å². The molecule has 2 aromatic rings. The van der Waals surface area contributed by atoms with Gasteiger partial charge < -0.3 is 14.2 Å². The second-order valence-electron chi connectivity index (χ2n) is 5.51. The number of rotatable bonds is 6. The number of methoxy groups -OCH3 is 3. The van der Waals surface area contributed by atoms with Gasteiger partial charge in [-0.2, -0.15) is 0 Å². The quantitative estimate of drug-likeness (QED) is 0.176. The number of carbonyl (C=O) groups is 1. The molecule has 0 aromatic heterocycles. The number of thioether (sulfide) groups is 1. The van der Waals surface area contributed by atoms with Crippen LogP contribution in [0.4, 0.5) is 0 Å². The van der Waals surface area contributed by atoms with E-state index in [2.05, 4.69) is 11.0 Å². The fourth-order valence-electron chi connectivity index (χ4n) is 2.05. The topological polar surface area (TPSA) is 83.4 Å². The molecule has 7 nitrogen and oxygen atoms in total. The lowest BCUT2D eigenvalue weighted by atomic mass is 10.2. The first-order valence-electron chi connectivity index (χ1n) is 7.99. The maximum Gasteiger partial charge on any atom is 0.367 e. The number of hydrogen-bond acceptors (Lipinski definition) is 8. The van der Waals surface area contributed by atoms with Crippen molar-refractivity contribution in [2.24, 2.45) is 5.16 Å². The Morgan fingerprint density at radius 1 is 1.04 bits per heavy atom. The highest BCUT2D eigenvalue weighted by molar-refractivity contribution is 8.15. The summed E-state index contributed by atoms with van der Waals surface area (Å²) in [6.45, 7) is 1.95. The zero-order valence-corrected chi connectivity index (χ0v) is 17.6. The van der Waals surface area contributed by atoms with Gasteiger partial charge in [0.05, 0.1) is 26.2 Å². The number of benzene rings is 2. The van der Waals surface area contributed by atoms with Gasteiger partial charge in [-0.3, -0.25) is 4.28 Å². The zero-order chi connectivity index (χ0) is 20.7. The Hall–Kier alpha value is -2.65. The molecule has 0 aliphatic carbocycles. The lowest BCUT2D eigenvalue weighted by molar-refractivity contribution is -0.132. The molecule has 0 amide bonds. The predicted octanol–water partition coefficient (Wildman–Crippen LogP) is 3.30. The van der Waals surface area contributed by atoms with E-state index in [4.69, 9.17) is 18.5 Å². The lowest BCUT2D eigenvalue weighted by Crippen LogP contribution is -2.14. The summed E-state index contributed by atoms with van der Waals surface area (Å²) in [6, 6.07) is 12.0. The van der Waals surface area contributed by atoms with Gasteiger partial charge in [0, 0.05) is 11.0 Å². The molecule has 0 N–H and O–H groups in total. The number of esters is 1. The largest absolute Gasteiger partial charge is 0.493 e. The molecule has 28 heavy (non-hydrogen) atoms. The molecular formula is C19H21NO6S2. The summed E-state index contributed by atoms with van der Waals surface area (Å²) in [5.74, 6) is 3.71. The van der Waals surface area contributed by atoms with Gasteiger partial charge in [-0.05, 0) is 37.1 Å². The second-order valence-corrected chi connectivity index (χ2v) is 8.42. The van der Waals surface area contributed by atoms with E-state index in [1.165, 1.54) is 33.5 Å². The molecule has 0 radical (unpaired) electrons. The van der Waals surface area contributed by atoms with E-state index in [0.717, 1.165) is 22.2 Å². The van der Waals surface area contributed by atoms with Crippen molar-refractivity contribution in [3.8, 4) is 11.5 Å². The van der Waals surface area contributed by atoms with Crippen molar-refractivity contribution in [3.05, 3.63) is 48.0 Å². The van der Waals surface area contributed by atoms with Crippen molar-refractivity contribution in [3.63, 3.8) is 0 Å². The Balaban J connectivity index is 2.29. The predicted molar refractivity (Wildman–Crippen MR) is 111 cm³/mol. The van der Waals surface area contributed by atoms with E-state index in [-0.39, 0.29) is 9.94 Å². The van der Waals surface area contributed by atoms with Gasteiger partial charge in [-0.25, -0.2) is 9.00 Å². The Kier molecular flexibility index (Phi) is 7.36. The Labute approximate surface area is 168 Å². The van der Waals surface area contributed by atoms with Gasteiger partial charge in [0.1, 0.15) is 0 Å². The minimum atomic E-state index is -3.30. The van der Waals surface area contributed by atoms with Crippen LogP contribution >= 0.6 is 11.8 Å². The summed E-state index contributed by atoms with van der Waals surface area (Å²) in [5.41, 5.74) is 1.08. The molecule has 0 bridgehead atoms. The fourth-order valence-corrected chi connectivity index (χ4v) is 3.68. The highest BCUT2D eigenvalue weighted by atomic mass is 32.2. The van der Waals surface area contributed by atoms with Crippen molar-refractivity contribution in [1.29, 1.82) is 0 Å². The average Bonchev–Trinajstić information content (AvgIpc) is 2.71. The van der Waals surface area contributed by atoms with Crippen LogP contribution in [0, 0.1) is 6.92 Å². The van der Waals surface area contributed by atoms with Gasteiger partial charge in [0.25, 0.3) is 0 Å². The third-order valence-corrected chi connectivity index (χ3v) is 5.78. The van der Waals surface area contributed by atoms with Crippen molar-refractivity contribution in [2.75, 3.05) is 21.3 Å². The summed E-state index contributed by atoms with van der Waals surface area (Å²) in [4.78, 5) is 13.0. The van der Waals surface area contributed by atoms with Crippen molar-refractivity contribution >= 4 is 38.4 Å². The fraction of sp³-hybridized carbons (Fsp3) is 0.211. The average molecular weight is 424 g/mol. The Morgan fingerprint density at radius 3 is 2.25 bits per heavy atom. The number of nitrogens with zero attached hydrogens (tertiary/aromatic N) is 1. The zero-order valence-electron chi connectivity index (χ0n) is 16.0. The molecule has 2 rings (SSSR count). The molecule has 150 valence electrons. The van der Waals surface area contributed by atoms with Crippen LogP contribution in [0.25, 0.3) is 0 Å². The van der Waals surface area contributed by atoms with Crippen LogP contribution in [-0.4, -0.2) is 42.4 Å². The smallest absolute Gasteiger partial charge is 0.367 e. The van der Waals surface area contributed by atoms with Crippen LogP contribution in [0.3, 0.4) is 0 Å². The van der Waals surface area contributed by atoms with E-state index in [1.807, 2.05) is 31.2 Å². The molecule has 9 heteroatoms. The molecular weight excluding hydrogens is 402 g/mol. The molecule has 0 heterocycles. The van der Waals surface area contributed by atoms with E-state index >= 15 is 0 Å². The number of oxime groups is 1. The molecule has 0 saturated heterocycles. The van der Waals surface area contributed by atoms with Crippen molar-refractivity contribution in [1.82, 2.24) is 0 Å². The normalized spacial score (nSPS) is 13.4. The maximum absolute atomic E-state index is 12.9. The number of aryl methyl sites for hydroxylation is 1. The SMILES string of the molecule is C=S(=O)(O/N=C(\Sc1ccc(C)cc1)C(=O)OC)c1ccc(OC)c(OC)c1. The van der Waals surface area contributed by atoms with E-state index < -0.39 is 15.8 Å².